The average Bonchev–Trinajstić information content (AvgIpc) is 2.87. The van der Waals surface area contributed by atoms with Crippen LogP contribution >= 0.6 is 0 Å². The Hall–Kier alpha value is -2.64. The summed E-state index contributed by atoms with van der Waals surface area (Å²) in [6.07, 6.45) is -0.509. The molecule has 0 fully saturated rings. The van der Waals surface area contributed by atoms with Gasteiger partial charge in [-0.1, -0.05) is 0 Å². The summed E-state index contributed by atoms with van der Waals surface area (Å²) < 4.78 is 24.2. The number of ether oxygens (including phenoxy) is 2. The van der Waals surface area contributed by atoms with Gasteiger partial charge in [0.05, 0.1) is 24.2 Å². The number of aromatic amines is 1. The van der Waals surface area contributed by atoms with Crippen molar-refractivity contribution in [1.29, 1.82) is 0 Å². The monoisotopic (exact) mass is 351 g/mol. The number of nitrogens with one attached hydrogen (secondary N) is 1. The molecule has 8 heteroatoms. The van der Waals surface area contributed by atoms with Gasteiger partial charge >= 0.3 is 12.1 Å². The van der Waals surface area contributed by atoms with Gasteiger partial charge in [0.1, 0.15) is 22.8 Å². The second-order valence-corrected chi connectivity index (χ2v) is 6.56. The Labute approximate surface area is 145 Å². The Balaban J connectivity index is 2.28. The van der Waals surface area contributed by atoms with Crippen molar-refractivity contribution in [1.82, 2.24) is 14.9 Å². The van der Waals surface area contributed by atoms with Gasteiger partial charge in [-0.15, -0.1) is 0 Å². The first-order chi connectivity index (χ1) is 11.6. The van der Waals surface area contributed by atoms with Crippen LogP contribution in [0.15, 0.2) is 12.1 Å². The van der Waals surface area contributed by atoms with Crippen LogP contribution in [0, 0.1) is 5.82 Å². The minimum atomic E-state index is -0.763. The topological polar surface area (TPSA) is 84.5 Å². The Morgan fingerprint density at radius 2 is 2.00 bits per heavy atom. The van der Waals surface area contributed by atoms with Crippen LogP contribution in [-0.2, 0) is 16.0 Å². The van der Waals surface area contributed by atoms with E-state index in [0.717, 1.165) is 6.07 Å². The number of rotatable bonds is 4. The first-order valence-corrected chi connectivity index (χ1v) is 7.90. The SMILES string of the molecule is CCOC(=O)c1c(F)ccc2nc(CN(C)C(=O)OC(C)(C)C)[nH]c12. The fourth-order valence-electron chi connectivity index (χ4n) is 2.21. The van der Waals surface area contributed by atoms with Crippen molar-refractivity contribution >= 4 is 23.1 Å². The maximum absolute atomic E-state index is 14.0. The highest BCUT2D eigenvalue weighted by Gasteiger charge is 2.22. The Morgan fingerprint density at radius 3 is 2.60 bits per heavy atom. The number of carbonyl (C=O) groups excluding carboxylic acids is 2. The number of esters is 1. The smallest absolute Gasteiger partial charge is 0.410 e. The van der Waals surface area contributed by atoms with Crippen LogP contribution < -0.4 is 0 Å². The maximum Gasteiger partial charge on any atom is 0.410 e. The third kappa shape index (κ3) is 4.46. The van der Waals surface area contributed by atoms with Gasteiger partial charge in [0.15, 0.2) is 0 Å². The van der Waals surface area contributed by atoms with Gasteiger partial charge in [-0.25, -0.2) is 19.0 Å². The van der Waals surface area contributed by atoms with Gasteiger partial charge in [-0.05, 0) is 39.8 Å². The third-order valence-corrected chi connectivity index (χ3v) is 3.23. The second-order valence-electron chi connectivity index (χ2n) is 6.56. The standard InChI is InChI=1S/C17H22FN3O4/c1-6-24-15(22)13-10(18)7-8-11-14(13)20-12(19-11)9-21(5)16(23)25-17(2,3)4/h7-8H,6,9H2,1-5H3,(H,19,20). The van der Waals surface area contributed by atoms with E-state index in [0.29, 0.717) is 11.3 Å². The van der Waals surface area contributed by atoms with Gasteiger partial charge in [-0.2, -0.15) is 0 Å². The van der Waals surface area contributed by atoms with Crippen molar-refractivity contribution in [2.45, 2.75) is 39.8 Å². The Kier molecular flexibility index (Phi) is 5.30. The summed E-state index contributed by atoms with van der Waals surface area (Å²) in [5.41, 5.74) is -0.152. The van der Waals surface area contributed by atoms with Crippen molar-refractivity contribution in [2.24, 2.45) is 0 Å². The molecule has 1 N–H and O–H groups in total. The molecule has 0 aliphatic rings. The van der Waals surface area contributed by atoms with E-state index in [2.05, 4.69) is 9.97 Å². The molecule has 7 nitrogen and oxygen atoms in total. The molecule has 1 aromatic heterocycles. The van der Waals surface area contributed by atoms with Crippen molar-refractivity contribution in [3.63, 3.8) is 0 Å². The number of benzene rings is 1. The minimum absolute atomic E-state index is 0.119. The molecule has 0 aliphatic heterocycles. The van der Waals surface area contributed by atoms with Gasteiger partial charge < -0.3 is 19.4 Å². The maximum atomic E-state index is 14.0. The highest BCUT2D eigenvalue weighted by Crippen LogP contribution is 2.21. The van der Waals surface area contributed by atoms with Gasteiger partial charge in [-0.3, -0.25) is 0 Å². The lowest BCUT2D eigenvalue weighted by Gasteiger charge is -2.24. The molecule has 136 valence electrons. The van der Waals surface area contributed by atoms with Gasteiger partial charge in [0, 0.05) is 7.05 Å². The molecule has 1 heterocycles. The van der Waals surface area contributed by atoms with E-state index in [1.807, 2.05) is 0 Å². The van der Waals surface area contributed by atoms with Crippen LogP contribution in [-0.4, -0.2) is 46.2 Å². The van der Waals surface area contributed by atoms with E-state index in [-0.39, 0.29) is 24.2 Å². The lowest BCUT2D eigenvalue weighted by molar-refractivity contribution is 0.0281. The quantitative estimate of drug-likeness (QED) is 0.855. The van der Waals surface area contributed by atoms with Crippen molar-refractivity contribution in [2.75, 3.05) is 13.7 Å². The number of H-pyrrole nitrogens is 1. The number of aromatic nitrogens is 2. The molecule has 0 saturated carbocycles. The summed E-state index contributed by atoms with van der Waals surface area (Å²) >= 11 is 0. The highest BCUT2D eigenvalue weighted by atomic mass is 19.1. The van der Waals surface area contributed by atoms with E-state index < -0.39 is 23.5 Å². The zero-order valence-corrected chi connectivity index (χ0v) is 15.0. The highest BCUT2D eigenvalue weighted by molar-refractivity contribution is 6.02. The van der Waals surface area contributed by atoms with Gasteiger partial charge in [0.25, 0.3) is 0 Å². The number of hydrogen-bond donors (Lipinski definition) is 1. The predicted octanol–water partition coefficient (Wildman–Crippen LogP) is 3.25. The van der Waals surface area contributed by atoms with Crippen LogP contribution in [0.3, 0.4) is 0 Å². The largest absolute Gasteiger partial charge is 0.462 e. The summed E-state index contributed by atoms with van der Waals surface area (Å²) in [5.74, 6) is -1.05. The zero-order valence-electron chi connectivity index (χ0n) is 15.0. The molecule has 0 aliphatic carbocycles. The fourth-order valence-corrected chi connectivity index (χ4v) is 2.21. The molecule has 2 rings (SSSR count). The molecule has 0 unspecified atom stereocenters. The second kappa shape index (κ2) is 7.08. The number of amides is 1. The summed E-state index contributed by atoms with van der Waals surface area (Å²) in [6, 6.07) is 2.62. The van der Waals surface area contributed by atoms with Crippen LogP contribution in [0.2, 0.25) is 0 Å². The molecule has 0 saturated heterocycles. The van der Waals surface area contributed by atoms with Crippen molar-refractivity contribution in [3.05, 3.63) is 29.3 Å². The third-order valence-electron chi connectivity index (χ3n) is 3.23. The van der Waals surface area contributed by atoms with E-state index >= 15 is 0 Å². The van der Waals surface area contributed by atoms with Crippen LogP contribution in [0.1, 0.15) is 43.9 Å². The van der Waals surface area contributed by atoms with Crippen molar-refractivity contribution in [3.8, 4) is 0 Å². The molecule has 0 atom stereocenters. The molecule has 0 radical (unpaired) electrons. The van der Waals surface area contributed by atoms with E-state index in [4.69, 9.17) is 9.47 Å². The van der Waals surface area contributed by atoms with Crippen LogP contribution in [0.5, 0.6) is 0 Å². The fraction of sp³-hybridized carbons (Fsp3) is 0.471. The number of halogens is 1. The number of fused-ring (bicyclic) bond motifs is 1. The van der Waals surface area contributed by atoms with Crippen LogP contribution in [0.25, 0.3) is 11.0 Å². The normalized spacial score (nSPS) is 11.4. The minimum Gasteiger partial charge on any atom is -0.462 e. The molecule has 0 bridgehead atoms. The van der Waals surface area contributed by atoms with E-state index in [9.17, 15) is 14.0 Å². The van der Waals surface area contributed by atoms with Crippen molar-refractivity contribution < 1.29 is 23.5 Å². The van der Waals surface area contributed by atoms with Crippen LogP contribution in [0.4, 0.5) is 9.18 Å². The molecule has 2 aromatic rings. The number of nitrogens with zero attached hydrogens (tertiary/aromatic N) is 2. The number of carbonyl (C=O) groups is 2. The molecular weight excluding hydrogens is 329 g/mol. The lowest BCUT2D eigenvalue weighted by Crippen LogP contribution is -2.34. The summed E-state index contributed by atoms with van der Waals surface area (Å²) in [4.78, 5) is 32.5. The molecular formula is C17H22FN3O4. The van der Waals surface area contributed by atoms with E-state index in [1.165, 1.54) is 11.0 Å². The lowest BCUT2D eigenvalue weighted by atomic mass is 10.1. The zero-order chi connectivity index (χ0) is 18.8. The molecule has 1 aromatic carbocycles. The number of hydrogen-bond acceptors (Lipinski definition) is 5. The van der Waals surface area contributed by atoms with Gasteiger partial charge in [0.2, 0.25) is 0 Å². The summed E-state index contributed by atoms with van der Waals surface area (Å²) in [5, 5.41) is 0. The molecule has 1 amide bonds. The summed E-state index contributed by atoms with van der Waals surface area (Å²) in [7, 11) is 1.56. The first kappa shape index (κ1) is 18.7. The number of imidazole rings is 1. The Bertz CT molecular complexity index is 795. The predicted molar refractivity (Wildman–Crippen MR) is 89.7 cm³/mol. The molecule has 0 spiro atoms. The Morgan fingerprint density at radius 1 is 1.32 bits per heavy atom. The first-order valence-electron chi connectivity index (χ1n) is 7.90. The molecule has 25 heavy (non-hydrogen) atoms. The van der Waals surface area contributed by atoms with E-state index in [1.54, 1.807) is 34.7 Å². The average molecular weight is 351 g/mol. The summed E-state index contributed by atoms with van der Waals surface area (Å²) in [6.45, 7) is 7.21.